The Morgan fingerprint density at radius 1 is 0.973 bits per heavy atom. The second-order valence-corrected chi connectivity index (χ2v) is 9.74. The molecule has 1 heterocycles. The first-order chi connectivity index (χ1) is 17.2. The molecule has 11 heteroatoms. The van der Waals surface area contributed by atoms with Crippen LogP contribution in [-0.2, 0) is 21.9 Å². The quantitative estimate of drug-likeness (QED) is 0.473. The Balaban J connectivity index is 1.66. The molecule has 0 spiro atoms. The molecule has 1 saturated carbocycles. The van der Waals surface area contributed by atoms with Crippen LogP contribution in [0.25, 0.3) is 0 Å². The van der Waals surface area contributed by atoms with Gasteiger partial charge in [0.25, 0.3) is 5.91 Å². The fourth-order valence-corrected chi connectivity index (χ4v) is 5.63. The lowest BCUT2D eigenvalue weighted by Gasteiger charge is -2.33. The minimum atomic E-state index is -4.98. The van der Waals surface area contributed by atoms with Gasteiger partial charge in [0.05, 0.1) is 23.3 Å². The molecule has 1 saturated heterocycles. The zero-order valence-corrected chi connectivity index (χ0v) is 20.0. The summed E-state index contributed by atoms with van der Waals surface area (Å²) in [6, 6.07) is 6.64. The summed E-state index contributed by atoms with van der Waals surface area (Å²) in [5, 5.41) is 10.1. The molecular formula is C26H26F7NO3. The van der Waals surface area contributed by atoms with Gasteiger partial charge in [0.1, 0.15) is 11.9 Å². The Morgan fingerprint density at radius 2 is 1.54 bits per heavy atom. The van der Waals surface area contributed by atoms with E-state index in [1.807, 2.05) is 0 Å². The van der Waals surface area contributed by atoms with Crippen LogP contribution in [0.5, 0.6) is 0 Å². The van der Waals surface area contributed by atoms with Crippen LogP contribution in [-0.4, -0.2) is 41.2 Å². The number of aliphatic hydroxyl groups excluding tert-OH is 1. The molecule has 0 bridgehead atoms. The largest absolute Gasteiger partial charge is 0.416 e. The van der Waals surface area contributed by atoms with E-state index in [-0.39, 0.29) is 30.0 Å². The fourth-order valence-electron chi connectivity index (χ4n) is 5.63. The maximum Gasteiger partial charge on any atom is 0.416 e. The van der Waals surface area contributed by atoms with Crippen molar-refractivity contribution >= 4 is 5.91 Å². The second kappa shape index (κ2) is 9.90. The number of likely N-dealkylation sites (tertiary alicyclic amines) is 1. The highest BCUT2D eigenvalue weighted by atomic mass is 19.4. The van der Waals surface area contributed by atoms with Crippen LogP contribution in [0.4, 0.5) is 30.7 Å². The molecule has 6 atom stereocenters. The number of hydrogen-bond acceptors (Lipinski definition) is 3. The molecule has 2 fully saturated rings. The summed E-state index contributed by atoms with van der Waals surface area (Å²) < 4.78 is 99.9. The van der Waals surface area contributed by atoms with Crippen molar-refractivity contribution in [1.82, 2.24) is 4.90 Å². The molecule has 1 aliphatic carbocycles. The molecule has 2 aliphatic rings. The van der Waals surface area contributed by atoms with E-state index in [2.05, 4.69) is 0 Å². The number of likely N-dealkylation sites (N-methyl/N-ethyl adjacent to an activating group) is 1. The summed E-state index contributed by atoms with van der Waals surface area (Å²) in [7, 11) is 1.57. The Labute approximate surface area is 209 Å². The van der Waals surface area contributed by atoms with Crippen LogP contribution in [0.15, 0.2) is 42.5 Å². The van der Waals surface area contributed by atoms with Gasteiger partial charge in [-0.05, 0) is 67.1 Å². The number of hydrogen-bond donors (Lipinski definition) is 1. The number of benzene rings is 2. The summed E-state index contributed by atoms with van der Waals surface area (Å²) in [6.45, 7) is 1.39. The molecule has 4 rings (SSSR count). The highest BCUT2D eigenvalue weighted by Gasteiger charge is 2.49. The zero-order chi connectivity index (χ0) is 27.3. The summed E-state index contributed by atoms with van der Waals surface area (Å²) in [6.07, 6.45) is -11.7. The van der Waals surface area contributed by atoms with Gasteiger partial charge in [-0.3, -0.25) is 4.79 Å². The smallest absolute Gasteiger partial charge is 0.383 e. The highest BCUT2D eigenvalue weighted by Crippen LogP contribution is 2.48. The normalized spacial score (nSPS) is 27.7. The number of aliphatic hydroxyl groups is 1. The van der Waals surface area contributed by atoms with E-state index in [1.165, 1.54) is 24.0 Å². The van der Waals surface area contributed by atoms with Crippen molar-refractivity contribution in [3.8, 4) is 0 Å². The summed E-state index contributed by atoms with van der Waals surface area (Å²) in [4.78, 5) is 13.7. The van der Waals surface area contributed by atoms with E-state index >= 15 is 0 Å². The van der Waals surface area contributed by atoms with Gasteiger partial charge in [0, 0.05) is 25.4 Å². The number of carbonyl (C=O) groups excluding carboxylic acids is 1. The van der Waals surface area contributed by atoms with Crippen LogP contribution < -0.4 is 0 Å². The molecule has 2 aromatic carbocycles. The fraction of sp³-hybridized carbons (Fsp3) is 0.500. The van der Waals surface area contributed by atoms with E-state index in [0.29, 0.717) is 30.5 Å². The van der Waals surface area contributed by atoms with E-state index in [4.69, 9.17) is 4.74 Å². The number of halogens is 7. The monoisotopic (exact) mass is 533 g/mol. The van der Waals surface area contributed by atoms with Gasteiger partial charge < -0.3 is 14.7 Å². The molecule has 0 radical (unpaired) electrons. The molecule has 1 aliphatic heterocycles. The van der Waals surface area contributed by atoms with E-state index in [1.54, 1.807) is 19.2 Å². The molecule has 4 nitrogen and oxygen atoms in total. The van der Waals surface area contributed by atoms with Crippen LogP contribution >= 0.6 is 0 Å². The first kappa shape index (κ1) is 27.4. The Kier molecular flexibility index (Phi) is 7.33. The summed E-state index contributed by atoms with van der Waals surface area (Å²) in [5.74, 6) is -1.55. The third-order valence-corrected chi connectivity index (χ3v) is 7.45. The SMILES string of the molecule is C[C@@H](O[C@H]1CC[C@@H](C2C[C@H](O)C(=O)N2C)[C@@H]1c1ccc(F)cc1)c1cc(C(F)(F)F)cc(C(F)(F)F)c1. The molecule has 2 aromatic rings. The zero-order valence-electron chi connectivity index (χ0n) is 20.0. The average Bonchev–Trinajstić information content (AvgIpc) is 3.34. The van der Waals surface area contributed by atoms with Crippen molar-refractivity contribution in [3.05, 3.63) is 70.5 Å². The molecule has 202 valence electrons. The maximum atomic E-state index is 13.6. The predicted octanol–water partition coefficient (Wildman–Crippen LogP) is 6.09. The number of nitrogens with zero attached hydrogens (tertiary/aromatic N) is 1. The summed E-state index contributed by atoms with van der Waals surface area (Å²) in [5.41, 5.74) is -2.45. The van der Waals surface area contributed by atoms with Crippen molar-refractivity contribution in [2.24, 2.45) is 5.92 Å². The number of alkyl halides is 6. The summed E-state index contributed by atoms with van der Waals surface area (Å²) >= 11 is 0. The molecular weight excluding hydrogens is 507 g/mol. The van der Waals surface area contributed by atoms with Gasteiger partial charge in [-0.15, -0.1) is 0 Å². The van der Waals surface area contributed by atoms with Gasteiger partial charge >= 0.3 is 12.4 Å². The topological polar surface area (TPSA) is 49.8 Å². The molecule has 1 amide bonds. The number of rotatable bonds is 5. The van der Waals surface area contributed by atoms with E-state index < -0.39 is 59.4 Å². The van der Waals surface area contributed by atoms with Gasteiger partial charge in [0.2, 0.25) is 0 Å². The average molecular weight is 533 g/mol. The Hall–Kier alpha value is -2.66. The Bertz CT molecular complexity index is 1100. The Morgan fingerprint density at radius 3 is 2.03 bits per heavy atom. The van der Waals surface area contributed by atoms with E-state index in [9.17, 15) is 40.6 Å². The van der Waals surface area contributed by atoms with Crippen molar-refractivity contribution in [2.75, 3.05) is 7.05 Å². The van der Waals surface area contributed by atoms with Crippen LogP contribution in [0, 0.1) is 11.7 Å². The van der Waals surface area contributed by atoms with Crippen LogP contribution in [0.1, 0.15) is 60.5 Å². The third kappa shape index (κ3) is 5.62. The highest BCUT2D eigenvalue weighted by molar-refractivity contribution is 5.83. The van der Waals surface area contributed by atoms with Crippen molar-refractivity contribution < 1.29 is 45.4 Å². The van der Waals surface area contributed by atoms with Gasteiger partial charge in [-0.25, -0.2) is 4.39 Å². The first-order valence-corrected chi connectivity index (χ1v) is 11.8. The molecule has 1 N–H and O–H groups in total. The van der Waals surface area contributed by atoms with Crippen LogP contribution in [0.2, 0.25) is 0 Å². The predicted molar refractivity (Wildman–Crippen MR) is 119 cm³/mol. The van der Waals surface area contributed by atoms with Gasteiger partial charge in [0.15, 0.2) is 0 Å². The van der Waals surface area contributed by atoms with Crippen molar-refractivity contribution in [2.45, 2.75) is 68.8 Å². The molecule has 0 aromatic heterocycles. The van der Waals surface area contributed by atoms with Crippen molar-refractivity contribution in [1.29, 1.82) is 0 Å². The standard InChI is InChI=1S/C26H26F7NO3/c1-13(15-9-16(25(28,29)30)11-17(10-15)26(31,32)33)37-22-8-7-19(20-12-21(35)24(36)34(20)2)23(22)14-3-5-18(27)6-4-14/h3-6,9-11,13,19-23,35H,7-8,12H2,1-2H3/t13-,19+,20?,21+,22+,23+/m1/s1. The number of ether oxygens (including phenoxy) is 1. The van der Waals surface area contributed by atoms with Crippen molar-refractivity contribution in [3.63, 3.8) is 0 Å². The third-order valence-electron chi connectivity index (χ3n) is 7.45. The first-order valence-electron chi connectivity index (χ1n) is 11.8. The van der Waals surface area contributed by atoms with Gasteiger partial charge in [-0.2, -0.15) is 26.3 Å². The molecule has 37 heavy (non-hydrogen) atoms. The minimum absolute atomic E-state index is 0.0708. The number of amides is 1. The lowest BCUT2D eigenvalue weighted by molar-refractivity contribution is -0.143. The minimum Gasteiger partial charge on any atom is -0.383 e. The lowest BCUT2D eigenvalue weighted by Crippen LogP contribution is -2.38. The lowest BCUT2D eigenvalue weighted by atomic mass is 9.82. The van der Waals surface area contributed by atoms with Gasteiger partial charge in [-0.1, -0.05) is 12.1 Å². The maximum absolute atomic E-state index is 13.6. The second-order valence-electron chi connectivity index (χ2n) is 9.74. The van der Waals surface area contributed by atoms with Crippen LogP contribution in [0.3, 0.4) is 0 Å². The number of carbonyl (C=O) groups is 1. The molecule has 1 unspecified atom stereocenters. The van der Waals surface area contributed by atoms with E-state index in [0.717, 1.165) is 0 Å².